The van der Waals surface area contributed by atoms with E-state index < -0.39 is 6.10 Å². The summed E-state index contributed by atoms with van der Waals surface area (Å²) in [5, 5.41) is 9.34. The van der Waals surface area contributed by atoms with Crippen LogP contribution in [0.1, 0.15) is 12.5 Å². The van der Waals surface area contributed by atoms with Crippen LogP contribution >= 0.6 is 15.9 Å². The van der Waals surface area contributed by atoms with Crippen molar-refractivity contribution in [3.8, 4) is 11.8 Å². The van der Waals surface area contributed by atoms with Gasteiger partial charge in [0, 0.05) is 5.33 Å². The van der Waals surface area contributed by atoms with Crippen LogP contribution in [-0.2, 0) is 5.33 Å². The Balaban J connectivity index is 2.73. The van der Waals surface area contributed by atoms with E-state index in [0.29, 0.717) is 0 Å². The van der Waals surface area contributed by atoms with Crippen molar-refractivity contribution < 1.29 is 4.74 Å². The largest absolute Gasteiger partial charge is 0.476 e. The number of rotatable bonds is 3. The molecule has 0 saturated carbocycles. The number of halogens is 1. The van der Waals surface area contributed by atoms with Crippen LogP contribution in [0.5, 0.6) is 5.75 Å². The molecule has 2 nitrogen and oxygen atoms in total. The fourth-order valence-corrected chi connectivity index (χ4v) is 1.28. The third-order valence-corrected chi connectivity index (χ3v) is 2.19. The third kappa shape index (κ3) is 3.08. The van der Waals surface area contributed by atoms with Crippen molar-refractivity contribution in [3.63, 3.8) is 0 Å². The van der Waals surface area contributed by atoms with E-state index in [9.17, 15) is 0 Å². The van der Waals surface area contributed by atoms with Crippen molar-refractivity contribution in [2.75, 3.05) is 0 Å². The zero-order valence-corrected chi connectivity index (χ0v) is 8.91. The molecule has 1 atom stereocenters. The minimum Gasteiger partial charge on any atom is -0.476 e. The molecule has 1 rings (SSSR count). The SMILES string of the molecule is CC(C#N)Oc1cccc(CBr)c1. The second-order valence-corrected chi connectivity index (χ2v) is 3.23. The molecule has 0 heterocycles. The van der Waals surface area contributed by atoms with E-state index in [-0.39, 0.29) is 0 Å². The molecular formula is C10H10BrNO. The van der Waals surface area contributed by atoms with Gasteiger partial charge in [0.25, 0.3) is 0 Å². The van der Waals surface area contributed by atoms with Crippen LogP contribution in [0.25, 0.3) is 0 Å². The monoisotopic (exact) mass is 239 g/mol. The molecule has 68 valence electrons. The summed E-state index contributed by atoms with van der Waals surface area (Å²) in [4.78, 5) is 0. The van der Waals surface area contributed by atoms with Gasteiger partial charge in [0.1, 0.15) is 11.8 Å². The summed E-state index contributed by atoms with van der Waals surface area (Å²) in [5.41, 5.74) is 1.14. The van der Waals surface area contributed by atoms with Gasteiger partial charge in [-0.15, -0.1) is 0 Å². The minimum atomic E-state index is -0.398. The van der Waals surface area contributed by atoms with Gasteiger partial charge in [0.05, 0.1) is 0 Å². The second kappa shape index (κ2) is 4.88. The highest BCUT2D eigenvalue weighted by Crippen LogP contribution is 2.16. The number of hydrogen-bond donors (Lipinski definition) is 0. The molecule has 0 fully saturated rings. The van der Waals surface area contributed by atoms with Crippen LogP contribution < -0.4 is 4.74 Å². The van der Waals surface area contributed by atoms with Gasteiger partial charge in [-0.2, -0.15) is 5.26 Å². The zero-order chi connectivity index (χ0) is 9.68. The lowest BCUT2D eigenvalue weighted by atomic mass is 10.2. The summed E-state index contributed by atoms with van der Waals surface area (Å²) in [6.45, 7) is 1.72. The first-order chi connectivity index (χ1) is 6.26. The molecule has 0 aliphatic carbocycles. The molecule has 1 aromatic rings. The van der Waals surface area contributed by atoms with Gasteiger partial charge in [-0.1, -0.05) is 28.1 Å². The van der Waals surface area contributed by atoms with Gasteiger partial charge in [-0.05, 0) is 24.6 Å². The highest BCUT2D eigenvalue weighted by atomic mass is 79.9. The number of ether oxygens (including phenoxy) is 1. The molecule has 3 heteroatoms. The van der Waals surface area contributed by atoms with Crippen LogP contribution in [0.2, 0.25) is 0 Å². The van der Waals surface area contributed by atoms with Gasteiger partial charge in [0.15, 0.2) is 6.10 Å². The van der Waals surface area contributed by atoms with Crippen molar-refractivity contribution in [2.24, 2.45) is 0 Å². The van der Waals surface area contributed by atoms with E-state index in [1.54, 1.807) is 6.92 Å². The van der Waals surface area contributed by atoms with Crippen LogP contribution in [0.15, 0.2) is 24.3 Å². The summed E-state index contributed by atoms with van der Waals surface area (Å²) in [6, 6.07) is 9.69. The van der Waals surface area contributed by atoms with Crippen LogP contribution in [0, 0.1) is 11.3 Å². The maximum Gasteiger partial charge on any atom is 0.181 e. The lowest BCUT2D eigenvalue weighted by molar-refractivity contribution is 0.276. The average Bonchev–Trinajstić information content (AvgIpc) is 2.18. The van der Waals surface area contributed by atoms with Crippen molar-refractivity contribution in [2.45, 2.75) is 18.4 Å². The van der Waals surface area contributed by atoms with E-state index in [0.717, 1.165) is 16.6 Å². The van der Waals surface area contributed by atoms with Gasteiger partial charge in [-0.25, -0.2) is 0 Å². The molecule has 0 saturated heterocycles. The zero-order valence-electron chi connectivity index (χ0n) is 7.33. The van der Waals surface area contributed by atoms with Gasteiger partial charge >= 0.3 is 0 Å². The van der Waals surface area contributed by atoms with Crippen LogP contribution in [0.4, 0.5) is 0 Å². The van der Waals surface area contributed by atoms with Gasteiger partial charge < -0.3 is 4.74 Å². The number of nitrogens with zero attached hydrogens (tertiary/aromatic N) is 1. The van der Waals surface area contributed by atoms with Crippen molar-refractivity contribution >= 4 is 15.9 Å². The fraction of sp³-hybridized carbons (Fsp3) is 0.300. The van der Waals surface area contributed by atoms with E-state index in [2.05, 4.69) is 15.9 Å². The molecule has 0 aromatic heterocycles. The Morgan fingerprint density at radius 2 is 2.38 bits per heavy atom. The smallest absolute Gasteiger partial charge is 0.181 e. The number of alkyl halides is 1. The highest BCUT2D eigenvalue weighted by molar-refractivity contribution is 9.08. The Morgan fingerprint density at radius 1 is 1.62 bits per heavy atom. The molecule has 1 unspecified atom stereocenters. The summed E-state index contributed by atoms with van der Waals surface area (Å²) in [5.74, 6) is 0.742. The average molecular weight is 240 g/mol. The summed E-state index contributed by atoms with van der Waals surface area (Å²) in [7, 11) is 0. The van der Waals surface area contributed by atoms with E-state index in [1.165, 1.54) is 0 Å². The first-order valence-corrected chi connectivity index (χ1v) is 5.09. The number of nitriles is 1. The Hall–Kier alpha value is -1.01. The molecule has 0 aliphatic heterocycles. The third-order valence-electron chi connectivity index (χ3n) is 1.55. The normalized spacial score (nSPS) is 11.8. The van der Waals surface area contributed by atoms with Crippen molar-refractivity contribution in [1.82, 2.24) is 0 Å². The summed E-state index contributed by atoms with van der Waals surface area (Å²) < 4.78 is 5.32. The van der Waals surface area contributed by atoms with E-state index in [4.69, 9.17) is 10.00 Å². The molecule has 0 spiro atoms. The Labute approximate surface area is 86.3 Å². The molecule has 13 heavy (non-hydrogen) atoms. The van der Waals surface area contributed by atoms with E-state index >= 15 is 0 Å². The molecule has 0 N–H and O–H groups in total. The second-order valence-electron chi connectivity index (χ2n) is 2.67. The Kier molecular flexibility index (Phi) is 3.78. The number of hydrogen-bond acceptors (Lipinski definition) is 2. The molecular weight excluding hydrogens is 230 g/mol. The highest BCUT2D eigenvalue weighted by Gasteiger charge is 2.01. The van der Waals surface area contributed by atoms with Crippen molar-refractivity contribution in [1.29, 1.82) is 5.26 Å². The van der Waals surface area contributed by atoms with Gasteiger partial charge in [-0.3, -0.25) is 0 Å². The summed E-state index contributed by atoms with van der Waals surface area (Å²) >= 11 is 3.35. The Bertz CT molecular complexity index is 319. The molecule has 1 aromatic carbocycles. The maximum atomic E-state index is 8.54. The predicted molar refractivity (Wildman–Crippen MR) is 54.8 cm³/mol. The quantitative estimate of drug-likeness (QED) is 0.761. The fourth-order valence-electron chi connectivity index (χ4n) is 0.932. The molecule has 0 bridgehead atoms. The minimum absolute atomic E-state index is 0.398. The first kappa shape index (κ1) is 10.1. The van der Waals surface area contributed by atoms with Crippen LogP contribution in [0.3, 0.4) is 0 Å². The maximum absolute atomic E-state index is 8.54. The molecule has 0 aliphatic rings. The lowest BCUT2D eigenvalue weighted by Crippen LogP contribution is -2.07. The number of benzene rings is 1. The van der Waals surface area contributed by atoms with Crippen molar-refractivity contribution in [3.05, 3.63) is 29.8 Å². The molecule has 0 amide bonds. The van der Waals surface area contributed by atoms with E-state index in [1.807, 2.05) is 30.3 Å². The lowest BCUT2D eigenvalue weighted by Gasteiger charge is -2.07. The standard InChI is InChI=1S/C10H10BrNO/c1-8(7-12)13-10-4-2-3-9(5-10)6-11/h2-5,8H,6H2,1H3. The Morgan fingerprint density at radius 3 is 3.00 bits per heavy atom. The molecule has 0 radical (unpaired) electrons. The van der Waals surface area contributed by atoms with Crippen LogP contribution in [-0.4, -0.2) is 6.10 Å². The predicted octanol–water partition coefficient (Wildman–Crippen LogP) is 2.87. The van der Waals surface area contributed by atoms with Gasteiger partial charge in [0.2, 0.25) is 0 Å². The summed E-state index contributed by atoms with van der Waals surface area (Å²) in [6.07, 6.45) is -0.398. The first-order valence-electron chi connectivity index (χ1n) is 3.97. The topological polar surface area (TPSA) is 33.0 Å².